The molecule has 1 aromatic rings. The summed E-state index contributed by atoms with van der Waals surface area (Å²) in [5, 5.41) is 5.12. The Labute approximate surface area is 148 Å². The van der Waals surface area contributed by atoms with Gasteiger partial charge in [0, 0.05) is 25.6 Å². The molecule has 2 heterocycles. The van der Waals surface area contributed by atoms with Crippen LogP contribution in [-0.4, -0.2) is 35.8 Å². The van der Waals surface area contributed by atoms with Gasteiger partial charge in [0.2, 0.25) is 5.91 Å². The monoisotopic (exact) mass is 348 g/mol. The Balaban J connectivity index is 1.35. The molecule has 0 bridgehead atoms. The summed E-state index contributed by atoms with van der Waals surface area (Å²) in [5.74, 6) is 1.09. The normalized spacial score (nSPS) is 20.1. The lowest BCUT2D eigenvalue weighted by atomic mass is 9.86. The fourth-order valence-corrected chi connectivity index (χ4v) is 4.58. The molecule has 0 aromatic carbocycles. The first-order valence-corrected chi connectivity index (χ1v) is 10.2. The van der Waals surface area contributed by atoms with Crippen molar-refractivity contribution < 1.29 is 9.59 Å². The number of hydrogen-bond donors (Lipinski definition) is 1. The van der Waals surface area contributed by atoms with Gasteiger partial charge in [-0.25, -0.2) is 0 Å². The average Bonchev–Trinajstić information content (AvgIpc) is 3.16. The Morgan fingerprint density at radius 3 is 2.54 bits per heavy atom. The van der Waals surface area contributed by atoms with E-state index >= 15 is 0 Å². The van der Waals surface area contributed by atoms with Crippen molar-refractivity contribution in [3.05, 3.63) is 22.4 Å². The highest BCUT2D eigenvalue weighted by Gasteiger charge is 2.25. The molecule has 1 aromatic heterocycles. The Hall–Kier alpha value is -1.36. The summed E-state index contributed by atoms with van der Waals surface area (Å²) in [7, 11) is 0. The summed E-state index contributed by atoms with van der Waals surface area (Å²) in [6.07, 6.45) is 10.1. The van der Waals surface area contributed by atoms with E-state index in [2.05, 4.69) is 5.32 Å². The first-order valence-electron chi connectivity index (χ1n) is 9.34. The topological polar surface area (TPSA) is 49.4 Å². The van der Waals surface area contributed by atoms with E-state index in [0.717, 1.165) is 43.1 Å². The van der Waals surface area contributed by atoms with E-state index in [0.29, 0.717) is 6.42 Å². The highest BCUT2D eigenvalue weighted by atomic mass is 32.1. The molecule has 1 saturated carbocycles. The Kier molecular flexibility index (Phi) is 6.30. The van der Waals surface area contributed by atoms with Crippen molar-refractivity contribution >= 4 is 23.2 Å². The van der Waals surface area contributed by atoms with Crippen molar-refractivity contribution in [3.8, 4) is 0 Å². The predicted octanol–water partition coefficient (Wildman–Crippen LogP) is 3.83. The van der Waals surface area contributed by atoms with Gasteiger partial charge in [0.05, 0.1) is 4.88 Å². The zero-order valence-electron chi connectivity index (χ0n) is 14.3. The molecule has 2 fully saturated rings. The molecule has 2 amide bonds. The Morgan fingerprint density at radius 1 is 1.12 bits per heavy atom. The molecule has 5 heteroatoms. The third-order valence-corrected chi connectivity index (χ3v) is 6.24. The minimum absolute atomic E-state index is 0.132. The highest BCUT2D eigenvalue weighted by molar-refractivity contribution is 7.12. The van der Waals surface area contributed by atoms with Crippen molar-refractivity contribution in [1.82, 2.24) is 10.2 Å². The molecule has 3 rings (SSSR count). The van der Waals surface area contributed by atoms with Gasteiger partial charge in [-0.15, -0.1) is 11.3 Å². The van der Waals surface area contributed by atoms with Crippen LogP contribution in [0.5, 0.6) is 0 Å². The van der Waals surface area contributed by atoms with Crippen LogP contribution in [0.2, 0.25) is 0 Å². The molecule has 0 spiro atoms. The van der Waals surface area contributed by atoms with Gasteiger partial charge in [-0.1, -0.05) is 38.2 Å². The van der Waals surface area contributed by atoms with E-state index in [4.69, 9.17) is 0 Å². The van der Waals surface area contributed by atoms with E-state index in [1.807, 2.05) is 22.4 Å². The van der Waals surface area contributed by atoms with Crippen LogP contribution in [0.3, 0.4) is 0 Å². The number of likely N-dealkylation sites (tertiary alicyclic amines) is 1. The van der Waals surface area contributed by atoms with Crippen LogP contribution >= 0.6 is 11.3 Å². The van der Waals surface area contributed by atoms with Crippen molar-refractivity contribution in [3.63, 3.8) is 0 Å². The largest absolute Gasteiger partial charge is 0.353 e. The lowest BCUT2D eigenvalue weighted by molar-refractivity contribution is -0.122. The zero-order chi connectivity index (χ0) is 16.8. The van der Waals surface area contributed by atoms with E-state index in [1.54, 1.807) is 0 Å². The quantitative estimate of drug-likeness (QED) is 0.879. The molecule has 2 aliphatic rings. The fourth-order valence-electron chi connectivity index (χ4n) is 3.89. The number of rotatable bonds is 5. The number of nitrogens with one attached hydrogen (secondary N) is 1. The second-order valence-electron chi connectivity index (χ2n) is 7.15. The van der Waals surface area contributed by atoms with E-state index in [1.165, 1.54) is 43.4 Å². The summed E-state index contributed by atoms with van der Waals surface area (Å²) in [4.78, 5) is 27.2. The molecule has 132 valence electrons. The standard InChI is InChI=1S/C19H28N2O2S/c22-18(9-8-15-5-2-1-3-6-15)20-16-10-12-21(13-11-16)19(23)17-7-4-14-24-17/h4,7,14-16H,1-3,5-6,8-13H2,(H,20,22). The van der Waals surface area contributed by atoms with Gasteiger partial charge in [-0.05, 0) is 36.6 Å². The van der Waals surface area contributed by atoms with Crippen LogP contribution in [0, 0.1) is 5.92 Å². The zero-order valence-corrected chi connectivity index (χ0v) is 15.2. The van der Waals surface area contributed by atoms with E-state index < -0.39 is 0 Å². The van der Waals surface area contributed by atoms with Gasteiger partial charge in [0.25, 0.3) is 5.91 Å². The number of hydrogen-bond acceptors (Lipinski definition) is 3. The van der Waals surface area contributed by atoms with Crippen LogP contribution in [-0.2, 0) is 4.79 Å². The molecule has 1 aliphatic carbocycles. The predicted molar refractivity (Wildman–Crippen MR) is 97.2 cm³/mol. The molecule has 1 saturated heterocycles. The van der Waals surface area contributed by atoms with Crippen LogP contribution < -0.4 is 5.32 Å². The summed E-state index contributed by atoms with van der Waals surface area (Å²) in [6, 6.07) is 4.03. The average molecular weight is 349 g/mol. The summed E-state index contributed by atoms with van der Waals surface area (Å²) in [6.45, 7) is 1.48. The van der Waals surface area contributed by atoms with E-state index in [-0.39, 0.29) is 17.9 Å². The third kappa shape index (κ3) is 4.82. The van der Waals surface area contributed by atoms with Gasteiger partial charge in [-0.3, -0.25) is 9.59 Å². The van der Waals surface area contributed by atoms with Crippen LogP contribution in [0.1, 0.15) is 67.5 Å². The number of carbonyl (C=O) groups excluding carboxylic acids is 2. The Morgan fingerprint density at radius 2 is 1.88 bits per heavy atom. The van der Waals surface area contributed by atoms with Crippen LogP contribution in [0.25, 0.3) is 0 Å². The second kappa shape index (κ2) is 8.65. The number of nitrogens with zero attached hydrogens (tertiary/aromatic N) is 1. The minimum Gasteiger partial charge on any atom is -0.353 e. The number of piperidine rings is 1. The number of amides is 2. The molecule has 0 atom stereocenters. The number of thiophene rings is 1. The van der Waals surface area contributed by atoms with Crippen LogP contribution in [0.15, 0.2) is 17.5 Å². The lowest BCUT2D eigenvalue weighted by Crippen LogP contribution is -2.46. The third-order valence-electron chi connectivity index (χ3n) is 5.38. The summed E-state index contributed by atoms with van der Waals surface area (Å²) < 4.78 is 0. The van der Waals surface area contributed by atoms with Crippen molar-refractivity contribution in [2.24, 2.45) is 5.92 Å². The van der Waals surface area contributed by atoms with Gasteiger partial charge >= 0.3 is 0 Å². The van der Waals surface area contributed by atoms with Crippen LogP contribution in [0.4, 0.5) is 0 Å². The molecule has 1 aliphatic heterocycles. The maximum Gasteiger partial charge on any atom is 0.263 e. The molecular formula is C19H28N2O2S. The molecule has 1 N–H and O–H groups in total. The molecule has 0 unspecified atom stereocenters. The Bertz CT molecular complexity index is 530. The van der Waals surface area contributed by atoms with Crippen molar-refractivity contribution in [1.29, 1.82) is 0 Å². The first kappa shape index (κ1) is 17.5. The molecule has 24 heavy (non-hydrogen) atoms. The smallest absolute Gasteiger partial charge is 0.263 e. The molecular weight excluding hydrogens is 320 g/mol. The van der Waals surface area contributed by atoms with Gasteiger partial charge < -0.3 is 10.2 Å². The summed E-state index contributed by atoms with van der Waals surface area (Å²) in [5.41, 5.74) is 0. The lowest BCUT2D eigenvalue weighted by Gasteiger charge is -2.32. The minimum atomic E-state index is 0.132. The van der Waals surface area contributed by atoms with Crippen molar-refractivity contribution in [2.45, 2.75) is 63.8 Å². The van der Waals surface area contributed by atoms with Gasteiger partial charge in [0.15, 0.2) is 0 Å². The first-order chi connectivity index (χ1) is 11.7. The molecule has 0 radical (unpaired) electrons. The molecule has 4 nitrogen and oxygen atoms in total. The van der Waals surface area contributed by atoms with E-state index in [9.17, 15) is 9.59 Å². The van der Waals surface area contributed by atoms with Gasteiger partial charge in [0.1, 0.15) is 0 Å². The number of carbonyl (C=O) groups is 2. The summed E-state index contributed by atoms with van der Waals surface area (Å²) >= 11 is 1.50. The van der Waals surface area contributed by atoms with Crippen molar-refractivity contribution in [2.75, 3.05) is 13.1 Å². The SMILES string of the molecule is O=C(CCC1CCCCC1)NC1CCN(C(=O)c2cccs2)CC1. The highest BCUT2D eigenvalue weighted by Crippen LogP contribution is 2.27. The maximum absolute atomic E-state index is 12.3. The van der Waals surface area contributed by atoms with Gasteiger partial charge in [-0.2, -0.15) is 0 Å². The second-order valence-corrected chi connectivity index (χ2v) is 8.10. The maximum atomic E-state index is 12.3. The fraction of sp³-hybridized carbons (Fsp3) is 0.684.